The largest absolute Gasteiger partial charge is 0.486 e. The molecule has 2 aliphatic rings. The van der Waals surface area contributed by atoms with Crippen molar-refractivity contribution in [1.29, 1.82) is 0 Å². The lowest BCUT2D eigenvalue weighted by molar-refractivity contribution is -0.139. The van der Waals surface area contributed by atoms with Gasteiger partial charge in [0, 0.05) is 18.7 Å². The molecule has 1 unspecified atom stereocenters. The summed E-state index contributed by atoms with van der Waals surface area (Å²) < 4.78 is 40.5. The van der Waals surface area contributed by atoms with Crippen molar-refractivity contribution in [3.8, 4) is 11.5 Å². The minimum absolute atomic E-state index is 0.0524. The van der Waals surface area contributed by atoms with Crippen molar-refractivity contribution >= 4 is 27.5 Å². The van der Waals surface area contributed by atoms with Crippen molar-refractivity contribution in [2.45, 2.75) is 62.4 Å². The number of carbonyl (C=O) groups excluding carboxylic acids is 2. The van der Waals surface area contributed by atoms with Crippen LogP contribution in [-0.2, 0) is 26.0 Å². The molecule has 1 N–H and O–H groups in total. The van der Waals surface area contributed by atoms with Crippen LogP contribution in [0, 0.1) is 0 Å². The Morgan fingerprint density at radius 3 is 2.23 bits per heavy atom. The highest BCUT2D eigenvalue weighted by Gasteiger charge is 2.33. The highest BCUT2D eigenvalue weighted by atomic mass is 32.2. The first-order chi connectivity index (χ1) is 20.8. The summed E-state index contributed by atoms with van der Waals surface area (Å²) in [5.74, 6) is 0.211. The molecular weight excluding hydrogens is 566 g/mol. The van der Waals surface area contributed by atoms with Crippen LogP contribution in [0.3, 0.4) is 0 Å². The van der Waals surface area contributed by atoms with Crippen LogP contribution in [0.5, 0.6) is 11.5 Å². The number of nitrogens with zero attached hydrogens (tertiary/aromatic N) is 2. The van der Waals surface area contributed by atoms with Gasteiger partial charge in [-0.3, -0.25) is 13.9 Å². The molecule has 9 nitrogen and oxygen atoms in total. The average Bonchev–Trinajstić information content (AvgIpc) is 3.04. The molecule has 3 aromatic rings. The zero-order valence-corrected chi connectivity index (χ0v) is 25.3. The Labute approximate surface area is 253 Å². The van der Waals surface area contributed by atoms with Gasteiger partial charge in [-0.2, -0.15) is 0 Å². The number of benzene rings is 3. The number of rotatable bonds is 11. The van der Waals surface area contributed by atoms with Crippen molar-refractivity contribution in [1.82, 2.24) is 10.2 Å². The lowest BCUT2D eigenvalue weighted by Crippen LogP contribution is -2.53. The summed E-state index contributed by atoms with van der Waals surface area (Å²) in [7, 11) is -4.16. The number of ether oxygens (including phenoxy) is 2. The molecule has 10 heteroatoms. The summed E-state index contributed by atoms with van der Waals surface area (Å²) in [5.41, 5.74) is 1.28. The van der Waals surface area contributed by atoms with Crippen LogP contribution in [0.2, 0.25) is 0 Å². The number of amides is 2. The summed E-state index contributed by atoms with van der Waals surface area (Å²) in [5, 5.41) is 3.13. The number of hydrogen-bond donors (Lipinski definition) is 1. The third-order valence-electron chi connectivity index (χ3n) is 8.03. The van der Waals surface area contributed by atoms with Crippen LogP contribution >= 0.6 is 0 Å². The summed E-state index contributed by atoms with van der Waals surface area (Å²) >= 11 is 0. The number of carbonyl (C=O) groups is 2. The fraction of sp³-hybridized carbons (Fsp3) is 0.394. The van der Waals surface area contributed by atoms with Gasteiger partial charge in [0.05, 0.1) is 10.6 Å². The van der Waals surface area contributed by atoms with Crippen LogP contribution in [-0.4, -0.2) is 63.5 Å². The molecule has 1 fully saturated rings. The Morgan fingerprint density at radius 2 is 1.53 bits per heavy atom. The Balaban J connectivity index is 1.45. The maximum absolute atomic E-state index is 14.1. The van der Waals surface area contributed by atoms with Gasteiger partial charge < -0.3 is 19.7 Å². The smallest absolute Gasteiger partial charge is 0.264 e. The zero-order valence-electron chi connectivity index (χ0n) is 24.5. The molecule has 2 amide bonds. The lowest BCUT2D eigenvalue weighted by Gasteiger charge is -2.33. The molecular formula is C33H39N3O6S. The second kappa shape index (κ2) is 13.9. The number of anilines is 1. The molecule has 3 aromatic carbocycles. The van der Waals surface area contributed by atoms with Crippen molar-refractivity contribution in [3.63, 3.8) is 0 Å². The predicted octanol–water partition coefficient (Wildman–Crippen LogP) is 4.56. The van der Waals surface area contributed by atoms with E-state index in [9.17, 15) is 18.0 Å². The van der Waals surface area contributed by atoms with Crippen molar-refractivity contribution in [2.75, 3.05) is 30.6 Å². The Bertz CT molecular complexity index is 1490. The third-order valence-corrected chi connectivity index (χ3v) is 9.81. The van der Waals surface area contributed by atoms with Gasteiger partial charge >= 0.3 is 0 Å². The molecule has 228 valence electrons. The minimum atomic E-state index is -4.16. The minimum Gasteiger partial charge on any atom is -0.486 e. The van der Waals surface area contributed by atoms with Gasteiger partial charge in [-0.05, 0) is 56.0 Å². The van der Waals surface area contributed by atoms with Crippen molar-refractivity contribution in [2.24, 2.45) is 0 Å². The molecule has 1 atom stereocenters. The quantitative estimate of drug-likeness (QED) is 0.344. The van der Waals surface area contributed by atoms with Gasteiger partial charge in [0.15, 0.2) is 11.5 Å². The van der Waals surface area contributed by atoms with E-state index in [2.05, 4.69) is 5.32 Å². The van der Waals surface area contributed by atoms with E-state index >= 15 is 0 Å². The molecule has 1 saturated carbocycles. The standard InChI is InChI=1S/C33H39N3O6S/c1-25(33(38)34-27-13-7-3-8-14-27)35(20-19-26-11-5-2-6-12-26)32(37)24-36(43(39,40)29-15-9-4-10-16-29)28-17-18-30-31(23-28)42-22-21-41-30/h2,4-6,9-12,15-18,23,25,27H,3,7-8,13-14,19-22,24H2,1H3,(H,34,38). The van der Waals surface area contributed by atoms with E-state index in [4.69, 9.17) is 9.47 Å². The van der Waals surface area contributed by atoms with Gasteiger partial charge in [-0.15, -0.1) is 0 Å². The predicted molar refractivity (Wildman–Crippen MR) is 165 cm³/mol. The van der Waals surface area contributed by atoms with Crippen LogP contribution < -0.4 is 19.1 Å². The van der Waals surface area contributed by atoms with Gasteiger partial charge in [-0.25, -0.2) is 8.42 Å². The summed E-state index contributed by atoms with van der Waals surface area (Å²) in [6.07, 6.45) is 5.65. The summed E-state index contributed by atoms with van der Waals surface area (Å²) in [6.45, 7) is 2.20. The molecule has 0 spiro atoms. The average molecular weight is 606 g/mol. The molecule has 1 aliphatic carbocycles. The van der Waals surface area contributed by atoms with E-state index in [1.165, 1.54) is 17.0 Å². The zero-order chi connectivity index (χ0) is 30.2. The van der Waals surface area contributed by atoms with Gasteiger partial charge in [0.25, 0.3) is 10.0 Å². The maximum Gasteiger partial charge on any atom is 0.264 e. The fourth-order valence-corrected chi connectivity index (χ4v) is 7.00. The number of sulfonamides is 1. The van der Waals surface area contributed by atoms with Crippen LogP contribution in [0.1, 0.15) is 44.6 Å². The van der Waals surface area contributed by atoms with E-state index in [0.29, 0.717) is 31.1 Å². The van der Waals surface area contributed by atoms with Gasteiger partial charge in [0.2, 0.25) is 11.8 Å². The van der Waals surface area contributed by atoms with Crippen molar-refractivity contribution < 1.29 is 27.5 Å². The SMILES string of the molecule is CC(C(=O)NC1CCCCC1)N(CCc1ccccc1)C(=O)CN(c1ccc2c(c1)OCCO2)S(=O)(=O)c1ccccc1. The van der Waals surface area contributed by atoms with Gasteiger partial charge in [-0.1, -0.05) is 67.8 Å². The second-order valence-electron chi connectivity index (χ2n) is 11.0. The topological polar surface area (TPSA) is 105 Å². The van der Waals surface area contributed by atoms with E-state index in [1.54, 1.807) is 43.3 Å². The van der Waals surface area contributed by atoms with E-state index in [0.717, 1.165) is 42.0 Å². The number of fused-ring (bicyclic) bond motifs is 1. The number of hydrogen-bond acceptors (Lipinski definition) is 6. The maximum atomic E-state index is 14.1. The normalized spacial score (nSPS) is 15.7. The van der Waals surface area contributed by atoms with E-state index < -0.39 is 28.5 Å². The Morgan fingerprint density at radius 1 is 0.884 bits per heavy atom. The Kier molecular flexibility index (Phi) is 9.86. The first-order valence-corrected chi connectivity index (χ1v) is 16.4. The monoisotopic (exact) mass is 605 g/mol. The fourth-order valence-electron chi connectivity index (χ4n) is 5.57. The Hall–Kier alpha value is -4.05. The first-order valence-electron chi connectivity index (χ1n) is 14.9. The van der Waals surface area contributed by atoms with E-state index in [-0.39, 0.29) is 29.1 Å². The molecule has 0 radical (unpaired) electrons. The van der Waals surface area contributed by atoms with Gasteiger partial charge in [0.1, 0.15) is 25.8 Å². The van der Waals surface area contributed by atoms with E-state index in [1.807, 2.05) is 30.3 Å². The van der Waals surface area contributed by atoms with Crippen LogP contribution in [0.15, 0.2) is 83.8 Å². The molecule has 0 bridgehead atoms. The van der Waals surface area contributed by atoms with Crippen molar-refractivity contribution in [3.05, 3.63) is 84.4 Å². The third kappa shape index (κ3) is 7.48. The molecule has 1 heterocycles. The summed E-state index contributed by atoms with van der Waals surface area (Å²) in [4.78, 5) is 29.1. The molecule has 43 heavy (non-hydrogen) atoms. The molecule has 0 saturated heterocycles. The lowest BCUT2D eigenvalue weighted by atomic mass is 9.95. The molecule has 1 aliphatic heterocycles. The first kappa shape index (κ1) is 30.4. The number of nitrogens with one attached hydrogen (secondary N) is 1. The molecule has 5 rings (SSSR count). The summed E-state index contributed by atoms with van der Waals surface area (Å²) in [6, 6.07) is 21.9. The van der Waals surface area contributed by atoms with Crippen LogP contribution in [0.4, 0.5) is 5.69 Å². The second-order valence-corrected chi connectivity index (χ2v) is 12.9. The molecule has 0 aromatic heterocycles. The highest BCUT2D eigenvalue weighted by Crippen LogP contribution is 2.36. The highest BCUT2D eigenvalue weighted by molar-refractivity contribution is 7.92. The van der Waals surface area contributed by atoms with Crippen LogP contribution in [0.25, 0.3) is 0 Å².